The fourth-order valence-corrected chi connectivity index (χ4v) is 3.43. The molecule has 2 atom stereocenters. The van der Waals surface area contributed by atoms with Crippen molar-refractivity contribution in [3.05, 3.63) is 59.4 Å². The number of tetrazole rings is 1. The van der Waals surface area contributed by atoms with E-state index in [-0.39, 0.29) is 37.6 Å². The van der Waals surface area contributed by atoms with Crippen LogP contribution in [0.4, 0.5) is 0 Å². The molecular weight excluding hydrogens is 486 g/mol. The summed E-state index contributed by atoms with van der Waals surface area (Å²) in [6, 6.07) is 14.4. The number of phenols is 1. The average molecular weight is 514 g/mol. The highest BCUT2D eigenvalue weighted by Crippen LogP contribution is 2.28. The number of carbonyl (C=O) groups excluding carboxylic acids is 1. The number of amides is 1. The summed E-state index contributed by atoms with van der Waals surface area (Å²) in [5.41, 5.74) is 4.83. The van der Waals surface area contributed by atoms with Crippen LogP contribution in [0.1, 0.15) is 44.6 Å². The molecule has 1 aromatic heterocycles. The number of carbonyl (C=O) groups is 1. The van der Waals surface area contributed by atoms with Crippen LogP contribution in [-0.4, -0.2) is 50.0 Å². The lowest BCUT2D eigenvalue weighted by Crippen LogP contribution is -2.50. The minimum absolute atomic E-state index is 0.00233. The molecule has 0 spiro atoms. The van der Waals surface area contributed by atoms with Crippen LogP contribution in [-0.2, 0) is 4.79 Å². The van der Waals surface area contributed by atoms with Gasteiger partial charge in [-0.2, -0.15) is 5.26 Å². The highest BCUT2D eigenvalue weighted by atomic mass is 35.5. The van der Waals surface area contributed by atoms with E-state index in [0.29, 0.717) is 16.6 Å². The molecule has 1 amide bonds. The third-order valence-electron chi connectivity index (χ3n) is 5.19. The van der Waals surface area contributed by atoms with E-state index in [4.69, 9.17) is 26.8 Å². The first kappa shape index (κ1) is 26.7. The smallest absolute Gasteiger partial charge is 0.240 e. The van der Waals surface area contributed by atoms with Crippen LogP contribution in [0.5, 0.6) is 17.2 Å². The van der Waals surface area contributed by atoms with Gasteiger partial charge in [-0.05, 0) is 48.5 Å². The summed E-state index contributed by atoms with van der Waals surface area (Å²) < 4.78 is 13.0. The average Bonchev–Trinajstić information content (AvgIpc) is 3.32. The second-order valence-electron chi connectivity index (χ2n) is 8.59. The second kappa shape index (κ2) is 12.2. The molecule has 2 aromatic carbocycles. The van der Waals surface area contributed by atoms with E-state index in [9.17, 15) is 15.2 Å². The predicted molar refractivity (Wildman–Crippen MR) is 131 cm³/mol. The van der Waals surface area contributed by atoms with Crippen LogP contribution in [0, 0.1) is 11.3 Å². The number of nitrogens with one attached hydrogen (secondary N) is 1. The lowest BCUT2D eigenvalue weighted by Gasteiger charge is -2.25. The molecule has 0 fully saturated rings. The first-order valence-electron chi connectivity index (χ1n) is 11.2. The number of nitriles is 1. The van der Waals surface area contributed by atoms with Gasteiger partial charge in [0.05, 0.1) is 35.7 Å². The Morgan fingerprint density at radius 3 is 2.58 bits per heavy atom. The van der Waals surface area contributed by atoms with Crippen molar-refractivity contribution in [3.8, 4) is 23.3 Å². The van der Waals surface area contributed by atoms with Crippen molar-refractivity contribution in [1.29, 1.82) is 5.26 Å². The van der Waals surface area contributed by atoms with Crippen molar-refractivity contribution in [2.75, 3.05) is 13.2 Å². The molecular formula is C24H28ClN7O4. The van der Waals surface area contributed by atoms with E-state index in [1.807, 2.05) is 0 Å². The number of benzene rings is 2. The minimum Gasteiger partial charge on any atom is -0.504 e. The number of para-hydroxylation sites is 3. The summed E-state index contributed by atoms with van der Waals surface area (Å²) >= 11 is 6.17. The zero-order valence-electron chi connectivity index (χ0n) is 20.0. The molecule has 12 heteroatoms. The Labute approximate surface area is 213 Å². The van der Waals surface area contributed by atoms with Crippen LogP contribution < -0.4 is 20.5 Å². The van der Waals surface area contributed by atoms with Crippen LogP contribution >= 0.6 is 11.6 Å². The molecule has 190 valence electrons. The van der Waals surface area contributed by atoms with Gasteiger partial charge in [0, 0.05) is 6.42 Å². The molecule has 0 unspecified atom stereocenters. The lowest BCUT2D eigenvalue weighted by atomic mass is 10.0. The van der Waals surface area contributed by atoms with Crippen molar-refractivity contribution in [2.45, 2.75) is 44.3 Å². The van der Waals surface area contributed by atoms with Gasteiger partial charge in [0.1, 0.15) is 18.4 Å². The monoisotopic (exact) mass is 513 g/mol. The number of rotatable bonds is 12. The van der Waals surface area contributed by atoms with Gasteiger partial charge < -0.3 is 25.6 Å². The Kier molecular flexibility index (Phi) is 9.05. The molecule has 0 saturated heterocycles. The van der Waals surface area contributed by atoms with Gasteiger partial charge >= 0.3 is 0 Å². The molecule has 36 heavy (non-hydrogen) atoms. The van der Waals surface area contributed by atoms with E-state index in [2.05, 4.69) is 26.9 Å². The first-order valence-corrected chi connectivity index (χ1v) is 11.6. The largest absolute Gasteiger partial charge is 0.504 e. The molecule has 1 heterocycles. The van der Waals surface area contributed by atoms with Crippen LogP contribution in [0.2, 0.25) is 5.02 Å². The van der Waals surface area contributed by atoms with Crippen LogP contribution in [0.25, 0.3) is 0 Å². The molecule has 0 bridgehead atoms. The molecule has 3 rings (SSSR count). The normalized spacial score (nSPS) is 12.9. The SMILES string of the molecule is CC(C)(N)C(=O)N[C@H](CCOc1ccccc1Cl)c1nnnn1[C@H](CC#N)COc1ccccc1O. The Balaban J connectivity index is 1.82. The minimum atomic E-state index is -1.15. The predicted octanol–water partition coefficient (Wildman–Crippen LogP) is 2.93. The van der Waals surface area contributed by atoms with Gasteiger partial charge in [-0.15, -0.1) is 5.10 Å². The molecule has 0 saturated carbocycles. The molecule has 0 aliphatic heterocycles. The maximum atomic E-state index is 12.7. The van der Waals surface area contributed by atoms with Crippen molar-refractivity contribution in [1.82, 2.24) is 25.5 Å². The van der Waals surface area contributed by atoms with E-state index in [1.54, 1.807) is 56.3 Å². The summed E-state index contributed by atoms with van der Waals surface area (Å²) in [5, 5.41) is 34.7. The van der Waals surface area contributed by atoms with Gasteiger partial charge in [0.25, 0.3) is 0 Å². The molecule has 11 nitrogen and oxygen atoms in total. The number of hydrogen-bond acceptors (Lipinski definition) is 9. The summed E-state index contributed by atoms with van der Waals surface area (Å²) in [6.45, 7) is 3.36. The maximum absolute atomic E-state index is 12.7. The number of nitrogens with two attached hydrogens (primary N) is 1. The lowest BCUT2D eigenvalue weighted by molar-refractivity contribution is -0.126. The van der Waals surface area contributed by atoms with Crippen molar-refractivity contribution < 1.29 is 19.4 Å². The zero-order chi connectivity index (χ0) is 26.1. The topological polar surface area (TPSA) is 161 Å². The van der Waals surface area contributed by atoms with Crippen molar-refractivity contribution in [3.63, 3.8) is 0 Å². The Hall–Kier alpha value is -3.88. The first-order chi connectivity index (χ1) is 17.2. The quantitative estimate of drug-likeness (QED) is 0.330. The maximum Gasteiger partial charge on any atom is 0.240 e. The van der Waals surface area contributed by atoms with E-state index in [0.717, 1.165) is 0 Å². The van der Waals surface area contributed by atoms with Gasteiger partial charge in [-0.3, -0.25) is 4.79 Å². The van der Waals surface area contributed by atoms with Crippen molar-refractivity contribution in [2.24, 2.45) is 5.73 Å². The summed E-state index contributed by atoms with van der Waals surface area (Å²) in [5.74, 6) is 0.620. The Morgan fingerprint density at radius 1 is 1.22 bits per heavy atom. The number of hydrogen-bond donors (Lipinski definition) is 3. The van der Waals surface area contributed by atoms with Gasteiger partial charge in [-0.25, -0.2) is 4.68 Å². The van der Waals surface area contributed by atoms with E-state index < -0.39 is 23.5 Å². The number of ether oxygens (including phenoxy) is 2. The Bertz CT molecular complexity index is 1210. The van der Waals surface area contributed by atoms with Gasteiger partial charge in [0.2, 0.25) is 5.91 Å². The van der Waals surface area contributed by atoms with Crippen molar-refractivity contribution >= 4 is 17.5 Å². The number of nitrogens with zero attached hydrogens (tertiary/aromatic N) is 5. The molecule has 0 aliphatic carbocycles. The molecule has 3 aromatic rings. The molecule has 4 N–H and O–H groups in total. The van der Waals surface area contributed by atoms with Crippen LogP contribution in [0.3, 0.4) is 0 Å². The number of halogens is 1. The Morgan fingerprint density at radius 2 is 1.92 bits per heavy atom. The summed E-state index contributed by atoms with van der Waals surface area (Å²) in [4.78, 5) is 12.7. The summed E-state index contributed by atoms with van der Waals surface area (Å²) in [7, 11) is 0. The standard InChI is InChI=1S/C24H28ClN7O4/c1-24(2,27)23(34)28-18(12-14-35-20-9-5-3-7-17(20)25)22-29-30-31-32(22)16(11-13-26)15-36-21-10-6-4-8-19(21)33/h3-10,16,18,33H,11-12,14-15,27H2,1-2H3,(H,28,34)/t16-,18-/m1/s1. The number of aromatic nitrogens is 4. The van der Waals surface area contributed by atoms with Gasteiger partial charge in [0.15, 0.2) is 17.3 Å². The fraction of sp³-hybridized carbons (Fsp3) is 0.375. The van der Waals surface area contributed by atoms with Gasteiger partial charge in [-0.1, -0.05) is 35.9 Å². The number of aromatic hydroxyl groups is 1. The van der Waals surface area contributed by atoms with E-state index in [1.165, 1.54) is 10.7 Å². The highest BCUT2D eigenvalue weighted by molar-refractivity contribution is 6.32. The number of phenolic OH excluding ortho intramolecular Hbond substituents is 1. The third-order valence-corrected chi connectivity index (χ3v) is 5.50. The van der Waals surface area contributed by atoms with Crippen LogP contribution in [0.15, 0.2) is 48.5 Å². The van der Waals surface area contributed by atoms with E-state index >= 15 is 0 Å². The fourth-order valence-electron chi connectivity index (χ4n) is 3.24. The highest BCUT2D eigenvalue weighted by Gasteiger charge is 2.30. The second-order valence-corrected chi connectivity index (χ2v) is 9.00. The third kappa shape index (κ3) is 7.07. The summed E-state index contributed by atoms with van der Waals surface area (Å²) in [6.07, 6.45) is 0.303. The zero-order valence-corrected chi connectivity index (χ0v) is 20.7. The molecule has 0 aliphatic rings. The molecule has 0 radical (unpaired) electrons.